The van der Waals surface area contributed by atoms with Crippen molar-refractivity contribution in [1.29, 1.82) is 0 Å². The Bertz CT molecular complexity index is 802. The number of hydrogen-bond donors (Lipinski definition) is 2. The van der Waals surface area contributed by atoms with E-state index in [1.807, 2.05) is 30.3 Å². The molecule has 1 heterocycles. The number of benzene rings is 1. The van der Waals surface area contributed by atoms with Gasteiger partial charge in [0.1, 0.15) is 11.4 Å². The zero-order valence-electron chi connectivity index (χ0n) is 15.8. The molecule has 5 nitrogen and oxygen atoms in total. The second kappa shape index (κ2) is 9.76. The number of amides is 1. The zero-order valence-corrected chi connectivity index (χ0v) is 15.8. The van der Waals surface area contributed by atoms with Gasteiger partial charge in [0.25, 0.3) is 5.91 Å². The molecule has 1 aliphatic rings. The normalized spacial score (nSPS) is 13.6. The van der Waals surface area contributed by atoms with E-state index in [0.717, 1.165) is 30.0 Å². The number of hydrogen-bond acceptors (Lipinski definition) is 4. The molecule has 0 saturated carbocycles. The molecule has 0 radical (unpaired) electrons. The van der Waals surface area contributed by atoms with Crippen LogP contribution >= 0.6 is 0 Å². The number of para-hydroxylation sites is 1. The number of methoxy groups -OCH3 is 1. The Hall–Kier alpha value is -2.82. The quantitative estimate of drug-likeness (QED) is 0.684. The first-order chi connectivity index (χ1) is 13.3. The van der Waals surface area contributed by atoms with E-state index in [2.05, 4.69) is 21.7 Å². The van der Waals surface area contributed by atoms with Gasteiger partial charge in [-0.25, -0.2) is 0 Å². The molecule has 1 amide bonds. The molecule has 0 unspecified atom stereocenters. The highest BCUT2D eigenvalue weighted by atomic mass is 16.5. The van der Waals surface area contributed by atoms with Crippen LogP contribution in [0.15, 0.2) is 54.2 Å². The van der Waals surface area contributed by atoms with Gasteiger partial charge >= 0.3 is 0 Å². The number of ether oxygens (including phenoxy) is 1. The highest BCUT2D eigenvalue weighted by molar-refractivity contribution is 5.93. The summed E-state index contributed by atoms with van der Waals surface area (Å²) in [5.74, 6) is 0.567. The summed E-state index contributed by atoms with van der Waals surface area (Å²) >= 11 is 0. The average molecular weight is 365 g/mol. The van der Waals surface area contributed by atoms with Crippen LogP contribution in [0.5, 0.6) is 5.75 Å². The predicted octanol–water partition coefficient (Wildman–Crippen LogP) is 4.32. The highest BCUT2D eigenvalue weighted by Crippen LogP contribution is 2.20. The molecule has 5 heteroatoms. The van der Waals surface area contributed by atoms with Crippen LogP contribution in [0.25, 0.3) is 0 Å². The maximum absolute atomic E-state index is 12.4. The van der Waals surface area contributed by atoms with Gasteiger partial charge in [-0.1, -0.05) is 29.8 Å². The van der Waals surface area contributed by atoms with Gasteiger partial charge in [0.2, 0.25) is 0 Å². The van der Waals surface area contributed by atoms with E-state index in [1.54, 1.807) is 19.4 Å². The molecule has 1 aromatic heterocycles. The van der Waals surface area contributed by atoms with Crippen molar-refractivity contribution in [3.8, 4) is 5.75 Å². The molecule has 2 N–H and O–H groups in total. The molecule has 0 spiro atoms. The van der Waals surface area contributed by atoms with Crippen LogP contribution in [-0.4, -0.2) is 24.5 Å². The third kappa shape index (κ3) is 5.58. The van der Waals surface area contributed by atoms with Crippen molar-refractivity contribution in [3.05, 3.63) is 65.5 Å². The van der Waals surface area contributed by atoms with Crippen LogP contribution in [0.4, 0.5) is 5.69 Å². The Labute approximate surface area is 160 Å². The fraction of sp³-hybridized carbons (Fsp3) is 0.364. The van der Waals surface area contributed by atoms with E-state index in [9.17, 15) is 4.79 Å². The summed E-state index contributed by atoms with van der Waals surface area (Å²) in [5.41, 5.74) is 3.80. The molecule has 3 rings (SSSR count). The lowest BCUT2D eigenvalue weighted by molar-refractivity contribution is 0.0945. The second-order valence-electron chi connectivity index (χ2n) is 6.71. The van der Waals surface area contributed by atoms with Crippen LogP contribution in [0, 0.1) is 0 Å². The molecule has 0 bridgehead atoms. The first kappa shape index (κ1) is 19.0. The van der Waals surface area contributed by atoms with Crippen LogP contribution < -0.4 is 15.4 Å². The van der Waals surface area contributed by atoms with Gasteiger partial charge in [-0.3, -0.25) is 9.78 Å². The van der Waals surface area contributed by atoms with E-state index in [0.29, 0.717) is 12.2 Å². The number of carbonyl (C=O) groups is 1. The number of aromatic nitrogens is 1. The number of allylic oxidation sites excluding steroid dienone is 1. The van der Waals surface area contributed by atoms with Crippen LogP contribution in [0.2, 0.25) is 0 Å². The number of nitrogens with zero attached hydrogens (tertiary/aromatic N) is 1. The van der Waals surface area contributed by atoms with Crippen LogP contribution in [0.3, 0.4) is 0 Å². The number of rotatable bonds is 8. The Morgan fingerprint density at radius 1 is 1.22 bits per heavy atom. The molecule has 1 aromatic carbocycles. The fourth-order valence-electron chi connectivity index (χ4n) is 3.28. The zero-order chi connectivity index (χ0) is 18.9. The molecular formula is C22H27N3O2. The lowest BCUT2D eigenvalue weighted by Gasteiger charge is -2.14. The van der Waals surface area contributed by atoms with Gasteiger partial charge < -0.3 is 15.4 Å². The Morgan fingerprint density at radius 3 is 2.93 bits per heavy atom. The molecule has 2 aromatic rings. The molecule has 1 aliphatic carbocycles. The molecule has 0 fully saturated rings. The van der Waals surface area contributed by atoms with Crippen LogP contribution in [-0.2, 0) is 6.54 Å². The van der Waals surface area contributed by atoms with E-state index in [-0.39, 0.29) is 5.91 Å². The third-order valence-electron chi connectivity index (χ3n) is 4.78. The van der Waals surface area contributed by atoms with Gasteiger partial charge in [0.05, 0.1) is 7.11 Å². The molecule has 142 valence electrons. The molecule has 0 atom stereocenters. The lowest BCUT2D eigenvalue weighted by Crippen LogP contribution is -2.24. The fourth-order valence-corrected chi connectivity index (χ4v) is 3.28. The Kier molecular flexibility index (Phi) is 6.85. The minimum absolute atomic E-state index is 0.195. The highest BCUT2D eigenvalue weighted by Gasteiger charge is 2.10. The summed E-state index contributed by atoms with van der Waals surface area (Å²) in [6, 6.07) is 11.3. The summed E-state index contributed by atoms with van der Waals surface area (Å²) in [4.78, 5) is 16.6. The number of anilines is 1. The smallest absolute Gasteiger partial charge is 0.270 e. The molecular weight excluding hydrogens is 338 g/mol. The van der Waals surface area contributed by atoms with E-state index in [4.69, 9.17) is 4.74 Å². The van der Waals surface area contributed by atoms with Crippen molar-refractivity contribution in [2.24, 2.45) is 0 Å². The number of nitrogens with one attached hydrogen (secondary N) is 2. The predicted molar refractivity (Wildman–Crippen MR) is 108 cm³/mol. The largest absolute Gasteiger partial charge is 0.496 e. The van der Waals surface area contributed by atoms with Crippen LogP contribution in [0.1, 0.15) is 48.2 Å². The summed E-state index contributed by atoms with van der Waals surface area (Å²) in [7, 11) is 1.63. The maximum Gasteiger partial charge on any atom is 0.270 e. The topological polar surface area (TPSA) is 63.2 Å². The molecule has 27 heavy (non-hydrogen) atoms. The maximum atomic E-state index is 12.4. The SMILES string of the molecule is COc1ccccc1CNC(=O)c1cc(NCCC2=CCCCC2)ccn1. The molecule has 0 saturated heterocycles. The minimum Gasteiger partial charge on any atom is -0.496 e. The summed E-state index contributed by atoms with van der Waals surface area (Å²) in [6.45, 7) is 1.27. The second-order valence-corrected chi connectivity index (χ2v) is 6.71. The van der Waals surface area contributed by atoms with Gasteiger partial charge in [0, 0.05) is 30.5 Å². The minimum atomic E-state index is -0.195. The third-order valence-corrected chi connectivity index (χ3v) is 4.78. The van der Waals surface area contributed by atoms with Crippen molar-refractivity contribution in [2.45, 2.75) is 38.6 Å². The first-order valence-electron chi connectivity index (χ1n) is 9.54. The van der Waals surface area contributed by atoms with Gasteiger partial charge in [-0.2, -0.15) is 0 Å². The summed E-state index contributed by atoms with van der Waals surface area (Å²) in [6.07, 6.45) is 10.1. The Morgan fingerprint density at radius 2 is 2.11 bits per heavy atom. The summed E-state index contributed by atoms with van der Waals surface area (Å²) < 4.78 is 5.32. The first-order valence-corrected chi connectivity index (χ1v) is 9.54. The van der Waals surface area contributed by atoms with Gasteiger partial charge in [-0.15, -0.1) is 0 Å². The van der Waals surface area contributed by atoms with Gasteiger partial charge in [0.15, 0.2) is 0 Å². The monoisotopic (exact) mass is 365 g/mol. The lowest BCUT2D eigenvalue weighted by atomic mass is 9.97. The number of carbonyl (C=O) groups excluding carboxylic acids is 1. The standard InChI is InChI=1S/C22H27N3O2/c1-27-21-10-6-5-9-18(21)16-25-22(26)20-15-19(12-14-24-20)23-13-11-17-7-3-2-4-8-17/h5-7,9-10,12,14-15H,2-4,8,11,13,16H2,1H3,(H,23,24)(H,25,26). The van der Waals surface area contributed by atoms with Crippen molar-refractivity contribution >= 4 is 11.6 Å². The van der Waals surface area contributed by atoms with E-state index < -0.39 is 0 Å². The van der Waals surface area contributed by atoms with Crippen molar-refractivity contribution in [2.75, 3.05) is 19.0 Å². The molecule has 0 aliphatic heterocycles. The summed E-state index contributed by atoms with van der Waals surface area (Å²) in [5, 5.41) is 6.31. The van der Waals surface area contributed by atoms with Gasteiger partial charge in [-0.05, 0) is 50.3 Å². The van der Waals surface area contributed by atoms with E-state index in [1.165, 1.54) is 31.3 Å². The average Bonchev–Trinajstić information content (AvgIpc) is 2.73. The van der Waals surface area contributed by atoms with E-state index >= 15 is 0 Å². The van der Waals surface area contributed by atoms with Crippen molar-refractivity contribution in [1.82, 2.24) is 10.3 Å². The number of pyridine rings is 1. The van der Waals surface area contributed by atoms with Crippen molar-refractivity contribution in [3.63, 3.8) is 0 Å². The van der Waals surface area contributed by atoms with Crippen molar-refractivity contribution < 1.29 is 9.53 Å². The Balaban J connectivity index is 1.53.